The molecule has 1 aromatic heterocycles. The largest absolute Gasteiger partial charge is 0.311 e. The fraction of sp³-hybridized carbons (Fsp3) is 0.750. The van der Waals surface area contributed by atoms with E-state index in [2.05, 4.69) is 55.3 Å². The highest BCUT2D eigenvalue weighted by Gasteiger charge is 2.09. The standard InChI is InChI=1S/C12H23N3S/c1-10-14-11(9-16-10)8-15(5)7-6-13-12(2,3)4/h9,13H,6-8H2,1-5H3. The summed E-state index contributed by atoms with van der Waals surface area (Å²) in [5.74, 6) is 0. The van der Waals surface area contributed by atoms with Crippen LogP contribution in [0.3, 0.4) is 0 Å². The van der Waals surface area contributed by atoms with Crippen molar-refractivity contribution in [1.29, 1.82) is 0 Å². The molecule has 0 aliphatic rings. The van der Waals surface area contributed by atoms with Gasteiger partial charge in [0.2, 0.25) is 0 Å². The molecule has 0 fully saturated rings. The molecule has 16 heavy (non-hydrogen) atoms. The zero-order valence-corrected chi connectivity index (χ0v) is 11.8. The third-order valence-corrected chi connectivity index (χ3v) is 3.07. The van der Waals surface area contributed by atoms with Gasteiger partial charge in [0.25, 0.3) is 0 Å². The number of thiazole rings is 1. The maximum absolute atomic E-state index is 4.46. The Morgan fingerprint density at radius 3 is 2.62 bits per heavy atom. The number of nitrogens with zero attached hydrogens (tertiary/aromatic N) is 2. The SMILES string of the molecule is Cc1nc(CN(C)CCNC(C)(C)C)cs1. The van der Waals surface area contributed by atoms with Gasteiger partial charge in [0.05, 0.1) is 10.7 Å². The Morgan fingerprint density at radius 2 is 2.12 bits per heavy atom. The maximum atomic E-state index is 4.46. The normalized spacial score (nSPS) is 12.4. The number of nitrogens with one attached hydrogen (secondary N) is 1. The Balaban J connectivity index is 2.23. The average molecular weight is 241 g/mol. The Bertz CT molecular complexity index is 314. The van der Waals surface area contributed by atoms with Crippen LogP contribution in [0.15, 0.2) is 5.38 Å². The summed E-state index contributed by atoms with van der Waals surface area (Å²) in [5.41, 5.74) is 1.39. The van der Waals surface area contributed by atoms with Crippen molar-refractivity contribution >= 4 is 11.3 Å². The summed E-state index contributed by atoms with van der Waals surface area (Å²) in [4.78, 5) is 6.76. The molecule has 0 unspecified atom stereocenters. The summed E-state index contributed by atoms with van der Waals surface area (Å²) in [6, 6.07) is 0. The lowest BCUT2D eigenvalue weighted by Crippen LogP contribution is -2.40. The topological polar surface area (TPSA) is 28.2 Å². The maximum Gasteiger partial charge on any atom is 0.0897 e. The van der Waals surface area contributed by atoms with E-state index >= 15 is 0 Å². The predicted octanol–water partition coefficient (Wildman–Crippen LogP) is 2.27. The van der Waals surface area contributed by atoms with Crippen LogP contribution in [0.25, 0.3) is 0 Å². The van der Waals surface area contributed by atoms with Crippen LogP contribution in [0.2, 0.25) is 0 Å². The predicted molar refractivity (Wildman–Crippen MR) is 70.9 cm³/mol. The monoisotopic (exact) mass is 241 g/mol. The first-order valence-electron chi connectivity index (χ1n) is 5.71. The van der Waals surface area contributed by atoms with Crippen LogP contribution in [0.1, 0.15) is 31.5 Å². The lowest BCUT2D eigenvalue weighted by molar-refractivity contribution is 0.301. The van der Waals surface area contributed by atoms with E-state index in [0.717, 1.165) is 24.6 Å². The molecule has 92 valence electrons. The summed E-state index contributed by atoms with van der Waals surface area (Å²) in [5, 5.41) is 6.78. The van der Waals surface area contributed by atoms with Crippen LogP contribution in [0.4, 0.5) is 0 Å². The molecular weight excluding hydrogens is 218 g/mol. The van der Waals surface area contributed by atoms with E-state index in [0.29, 0.717) is 0 Å². The highest BCUT2D eigenvalue weighted by molar-refractivity contribution is 7.09. The zero-order chi connectivity index (χ0) is 12.2. The Kier molecular flexibility index (Phi) is 4.89. The van der Waals surface area contributed by atoms with Crippen LogP contribution in [-0.2, 0) is 6.54 Å². The molecule has 0 radical (unpaired) electrons. The van der Waals surface area contributed by atoms with E-state index in [4.69, 9.17) is 0 Å². The second kappa shape index (κ2) is 5.75. The summed E-state index contributed by atoms with van der Waals surface area (Å²) in [6.07, 6.45) is 0. The number of hydrogen-bond acceptors (Lipinski definition) is 4. The second-order valence-electron chi connectivity index (χ2n) is 5.27. The molecule has 0 aliphatic carbocycles. The first-order valence-corrected chi connectivity index (χ1v) is 6.59. The summed E-state index contributed by atoms with van der Waals surface area (Å²) in [6.45, 7) is 11.6. The average Bonchev–Trinajstić information content (AvgIpc) is 2.48. The molecule has 0 aliphatic heterocycles. The van der Waals surface area contributed by atoms with Gasteiger partial charge in [-0.25, -0.2) is 4.98 Å². The minimum atomic E-state index is 0.206. The smallest absolute Gasteiger partial charge is 0.0897 e. The molecule has 3 nitrogen and oxygen atoms in total. The van der Waals surface area contributed by atoms with E-state index in [1.807, 2.05) is 0 Å². The van der Waals surface area contributed by atoms with Crippen molar-refractivity contribution in [3.05, 3.63) is 16.1 Å². The third-order valence-electron chi connectivity index (χ3n) is 2.25. The van der Waals surface area contributed by atoms with Crippen molar-refractivity contribution < 1.29 is 0 Å². The Labute approximate surface area is 103 Å². The first kappa shape index (κ1) is 13.6. The molecular formula is C12H23N3S. The van der Waals surface area contributed by atoms with Gasteiger partial charge in [-0.05, 0) is 34.7 Å². The van der Waals surface area contributed by atoms with Gasteiger partial charge in [-0.1, -0.05) is 0 Å². The fourth-order valence-electron chi connectivity index (χ4n) is 1.46. The van der Waals surface area contributed by atoms with E-state index in [-0.39, 0.29) is 5.54 Å². The fourth-order valence-corrected chi connectivity index (χ4v) is 2.06. The molecule has 0 amide bonds. The molecule has 0 atom stereocenters. The first-order chi connectivity index (χ1) is 7.37. The molecule has 0 spiro atoms. The highest BCUT2D eigenvalue weighted by atomic mass is 32.1. The van der Waals surface area contributed by atoms with E-state index < -0.39 is 0 Å². The van der Waals surface area contributed by atoms with Crippen molar-refractivity contribution in [3.8, 4) is 0 Å². The Morgan fingerprint density at radius 1 is 1.44 bits per heavy atom. The van der Waals surface area contributed by atoms with Gasteiger partial charge in [0.15, 0.2) is 0 Å². The van der Waals surface area contributed by atoms with Gasteiger partial charge in [0, 0.05) is 30.6 Å². The molecule has 0 aromatic carbocycles. The summed E-state index contributed by atoms with van der Waals surface area (Å²) < 4.78 is 0. The summed E-state index contributed by atoms with van der Waals surface area (Å²) >= 11 is 1.72. The van der Waals surface area contributed by atoms with Crippen molar-refractivity contribution in [3.63, 3.8) is 0 Å². The van der Waals surface area contributed by atoms with Crippen LogP contribution in [0.5, 0.6) is 0 Å². The van der Waals surface area contributed by atoms with Gasteiger partial charge < -0.3 is 5.32 Å². The quantitative estimate of drug-likeness (QED) is 0.857. The van der Waals surface area contributed by atoms with Gasteiger partial charge >= 0.3 is 0 Å². The van der Waals surface area contributed by atoms with Crippen LogP contribution >= 0.6 is 11.3 Å². The van der Waals surface area contributed by atoms with Crippen molar-refractivity contribution in [1.82, 2.24) is 15.2 Å². The van der Waals surface area contributed by atoms with Crippen LogP contribution in [0, 0.1) is 6.92 Å². The lowest BCUT2D eigenvalue weighted by atomic mass is 10.1. The lowest BCUT2D eigenvalue weighted by Gasteiger charge is -2.23. The van der Waals surface area contributed by atoms with E-state index in [9.17, 15) is 0 Å². The minimum Gasteiger partial charge on any atom is -0.311 e. The molecule has 0 bridgehead atoms. The minimum absolute atomic E-state index is 0.206. The molecule has 4 heteroatoms. The van der Waals surface area contributed by atoms with Crippen molar-refractivity contribution in [2.24, 2.45) is 0 Å². The molecule has 1 aromatic rings. The molecule has 1 rings (SSSR count). The zero-order valence-electron chi connectivity index (χ0n) is 11.0. The third kappa shape index (κ3) is 5.58. The number of hydrogen-bond donors (Lipinski definition) is 1. The second-order valence-corrected chi connectivity index (χ2v) is 6.33. The number of likely N-dealkylation sites (N-methyl/N-ethyl adjacent to an activating group) is 1. The number of aryl methyl sites for hydroxylation is 1. The highest BCUT2D eigenvalue weighted by Crippen LogP contribution is 2.09. The van der Waals surface area contributed by atoms with Crippen LogP contribution in [-0.4, -0.2) is 35.6 Å². The van der Waals surface area contributed by atoms with Gasteiger partial charge in [-0.2, -0.15) is 0 Å². The van der Waals surface area contributed by atoms with Gasteiger partial charge in [-0.3, -0.25) is 4.90 Å². The van der Waals surface area contributed by atoms with E-state index in [1.165, 1.54) is 5.69 Å². The molecule has 1 heterocycles. The number of aromatic nitrogens is 1. The van der Waals surface area contributed by atoms with Gasteiger partial charge in [0.1, 0.15) is 0 Å². The molecule has 0 saturated heterocycles. The van der Waals surface area contributed by atoms with Gasteiger partial charge in [-0.15, -0.1) is 11.3 Å². The van der Waals surface area contributed by atoms with Crippen LogP contribution < -0.4 is 5.32 Å². The Hall–Kier alpha value is -0.450. The van der Waals surface area contributed by atoms with E-state index in [1.54, 1.807) is 11.3 Å². The number of rotatable bonds is 5. The van der Waals surface area contributed by atoms with Crippen molar-refractivity contribution in [2.75, 3.05) is 20.1 Å². The molecule has 1 N–H and O–H groups in total. The van der Waals surface area contributed by atoms with Crippen molar-refractivity contribution in [2.45, 2.75) is 39.8 Å². The molecule has 0 saturated carbocycles. The summed E-state index contributed by atoms with van der Waals surface area (Å²) in [7, 11) is 2.14.